The van der Waals surface area contributed by atoms with Crippen molar-refractivity contribution >= 4 is 17.6 Å². The summed E-state index contributed by atoms with van der Waals surface area (Å²) in [6, 6.07) is 10.9. The van der Waals surface area contributed by atoms with Crippen LogP contribution in [-0.4, -0.2) is 43.9 Å². The van der Waals surface area contributed by atoms with E-state index in [1.165, 1.54) is 15.4 Å². The number of carbonyl (C=O) groups excluding carboxylic acids is 1. The number of nitrogens with two attached hydrogens (primary N) is 1. The van der Waals surface area contributed by atoms with Crippen molar-refractivity contribution in [2.24, 2.45) is 5.73 Å². The lowest BCUT2D eigenvalue weighted by atomic mass is 9.68. The van der Waals surface area contributed by atoms with Crippen LogP contribution in [0.2, 0.25) is 5.02 Å². The molecule has 10 heteroatoms. The van der Waals surface area contributed by atoms with E-state index in [9.17, 15) is 9.59 Å². The lowest BCUT2D eigenvalue weighted by molar-refractivity contribution is -0.144. The van der Waals surface area contributed by atoms with E-state index in [0.29, 0.717) is 29.6 Å². The van der Waals surface area contributed by atoms with Crippen molar-refractivity contribution in [1.29, 1.82) is 0 Å². The number of nitrogens with zero attached hydrogens (tertiary/aromatic N) is 5. The number of aromatic nitrogens is 5. The summed E-state index contributed by atoms with van der Waals surface area (Å²) in [7, 11) is 0. The second kappa shape index (κ2) is 9.84. The van der Waals surface area contributed by atoms with Crippen LogP contribution in [0.1, 0.15) is 44.2 Å². The van der Waals surface area contributed by atoms with Gasteiger partial charge in [0.2, 0.25) is 0 Å². The number of halogens is 1. The third kappa shape index (κ3) is 4.99. The van der Waals surface area contributed by atoms with Crippen LogP contribution in [0, 0.1) is 0 Å². The molecule has 2 N–H and O–H groups in total. The Balaban J connectivity index is 1.52. The van der Waals surface area contributed by atoms with Crippen molar-refractivity contribution < 1.29 is 9.53 Å². The average molecular weight is 471 g/mol. The molecular formula is C23H27ClN6O3. The molecule has 0 saturated heterocycles. The molecule has 0 bridgehead atoms. The van der Waals surface area contributed by atoms with Crippen LogP contribution in [0.5, 0.6) is 0 Å². The molecule has 4 rings (SSSR count). The van der Waals surface area contributed by atoms with Gasteiger partial charge in [-0.2, -0.15) is 5.10 Å². The molecule has 3 aromatic rings. The van der Waals surface area contributed by atoms with Gasteiger partial charge in [-0.15, -0.1) is 5.10 Å². The molecule has 174 valence electrons. The summed E-state index contributed by atoms with van der Waals surface area (Å²) in [4.78, 5) is 24.3. The smallest absolute Gasteiger partial charge is 0.327 e. The van der Waals surface area contributed by atoms with Gasteiger partial charge in [-0.1, -0.05) is 28.9 Å². The number of rotatable bonds is 7. The van der Waals surface area contributed by atoms with Crippen molar-refractivity contribution in [1.82, 2.24) is 24.8 Å². The van der Waals surface area contributed by atoms with Crippen molar-refractivity contribution in [3.63, 3.8) is 0 Å². The molecule has 0 radical (unpaired) electrons. The molecule has 1 saturated carbocycles. The maximum absolute atomic E-state index is 12.6. The number of hydrogen-bond donors (Lipinski definition) is 1. The molecule has 33 heavy (non-hydrogen) atoms. The molecule has 0 spiro atoms. The first-order chi connectivity index (χ1) is 15.9. The Morgan fingerprint density at radius 3 is 2.73 bits per heavy atom. The van der Waals surface area contributed by atoms with Gasteiger partial charge in [0.25, 0.3) is 5.56 Å². The highest BCUT2D eigenvalue weighted by Gasteiger charge is 2.37. The Morgan fingerprint density at radius 1 is 1.24 bits per heavy atom. The summed E-state index contributed by atoms with van der Waals surface area (Å²) < 4.78 is 7.87. The van der Waals surface area contributed by atoms with Crippen molar-refractivity contribution in [3.8, 4) is 11.4 Å². The fourth-order valence-electron chi connectivity index (χ4n) is 4.48. The largest absolute Gasteiger partial charge is 0.465 e. The van der Waals surface area contributed by atoms with Gasteiger partial charge >= 0.3 is 5.97 Å². The minimum atomic E-state index is -0.392. The highest BCUT2D eigenvalue weighted by molar-refractivity contribution is 6.30. The van der Waals surface area contributed by atoms with Gasteiger partial charge in [-0.3, -0.25) is 9.59 Å². The minimum Gasteiger partial charge on any atom is -0.465 e. The average Bonchev–Trinajstić information content (AvgIpc) is 3.28. The zero-order valence-electron chi connectivity index (χ0n) is 18.5. The molecule has 1 aliphatic carbocycles. The Bertz CT molecular complexity index is 1180. The zero-order valence-corrected chi connectivity index (χ0v) is 19.2. The van der Waals surface area contributed by atoms with Crippen LogP contribution in [0.25, 0.3) is 11.4 Å². The third-order valence-electron chi connectivity index (χ3n) is 6.31. The Kier molecular flexibility index (Phi) is 6.90. The normalized spacial score (nSPS) is 20.5. The fraction of sp³-hybridized carbons (Fsp3) is 0.435. The van der Waals surface area contributed by atoms with Gasteiger partial charge in [-0.25, -0.2) is 9.36 Å². The lowest BCUT2D eigenvalue weighted by Gasteiger charge is -2.40. The van der Waals surface area contributed by atoms with Crippen LogP contribution in [0.3, 0.4) is 0 Å². The third-order valence-corrected chi connectivity index (χ3v) is 6.54. The maximum atomic E-state index is 12.6. The van der Waals surface area contributed by atoms with Crippen LogP contribution in [0.4, 0.5) is 0 Å². The minimum absolute atomic E-state index is 0.0340. The van der Waals surface area contributed by atoms with Gasteiger partial charge in [-0.05, 0) is 56.4 Å². The second-order valence-corrected chi connectivity index (χ2v) is 8.77. The highest BCUT2D eigenvalue weighted by Crippen LogP contribution is 2.42. The summed E-state index contributed by atoms with van der Waals surface area (Å²) in [5.41, 5.74) is 8.05. The Labute approximate surface area is 196 Å². The molecule has 0 atom stereocenters. The highest BCUT2D eigenvalue weighted by atomic mass is 35.5. The number of esters is 1. The van der Waals surface area contributed by atoms with E-state index in [-0.39, 0.29) is 23.6 Å². The molecule has 1 fully saturated rings. The molecule has 1 aromatic carbocycles. The van der Waals surface area contributed by atoms with Gasteiger partial charge in [0.15, 0.2) is 0 Å². The number of carbonyl (C=O) groups is 1. The van der Waals surface area contributed by atoms with E-state index in [4.69, 9.17) is 22.1 Å². The summed E-state index contributed by atoms with van der Waals surface area (Å²) in [6.07, 6.45) is 4.84. The summed E-state index contributed by atoms with van der Waals surface area (Å²) in [5.74, 6) is -0.392. The van der Waals surface area contributed by atoms with E-state index in [1.807, 2.05) is 18.2 Å². The first-order valence-electron chi connectivity index (χ1n) is 11.1. The Hall–Kier alpha value is -3.04. The van der Waals surface area contributed by atoms with Crippen LogP contribution < -0.4 is 11.3 Å². The quantitative estimate of drug-likeness (QED) is 0.527. The molecule has 2 heterocycles. The molecule has 2 aromatic heterocycles. The van der Waals surface area contributed by atoms with E-state index in [0.717, 1.165) is 31.2 Å². The van der Waals surface area contributed by atoms with Crippen molar-refractivity contribution in [3.05, 3.63) is 63.5 Å². The molecule has 0 amide bonds. The predicted molar refractivity (Wildman–Crippen MR) is 124 cm³/mol. The monoisotopic (exact) mass is 470 g/mol. The van der Waals surface area contributed by atoms with Gasteiger partial charge in [0, 0.05) is 23.0 Å². The molecule has 9 nitrogen and oxygen atoms in total. The summed E-state index contributed by atoms with van der Waals surface area (Å²) in [6.45, 7) is 2.53. The van der Waals surface area contributed by atoms with E-state index in [1.54, 1.807) is 19.2 Å². The number of benzene rings is 1. The van der Waals surface area contributed by atoms with Gasteiger partial charge < -0.3 is 10.5 Å². The van der Waals surface area contributed by atoms with Crippen LogP contribution in [-0.2, 0) is 21.5 Å². The molecule has 1 aliphatic rings. The molecule has 0 unspecified atom stereocenters. The predicted octanol–water partition coefficient (Wildman–Crippen LogP) is 2.73. The Morgan fingerprint density at radius 2 is 2.03 bits per heavy atom. The van der Waals surface area contributed by atoms with Gasteiger partial charge in [0.1, 0.15) is 17.9 Å². The van der Waals surface area contributed by atoms with Crippen LogP contribution in [0.15, 0.2) is 47.4 Å². The van der Waals surface area contributed by atoms with Crippen molar-refractivity contribution in [2.75, 3.05) is 13.2 Å². The summed E-state index contributed by atoms with van der Waals surface area (Å²) in [5, 5.41) is 13.3. The second-order valence-electron chi connectivity index (χ2n) is 8.33. The standard InChI is InChI=1S/C23H27ClN6O3/c1-2-33-22(32)14-29-13-20(26-28-29)19-6-7-21(31)30(27-19)18-8-10-23(15-25,11-9-18)16-4-3-5-17(24)12-16/h3-7,12-13,18H,2,8-11,14-15,25H2,1H3. The SMILES string of the molecule is CCOC(=O)Cn1cc(-c2ccc(=O)n(C3CCC(CN)(c4cccc(Cl)c4)CC3)n2)nn1. The molecule has 0 aliphatic heterocycles. The van der Waals surface area contributed by atoms with Crippen molar-refractivity contribution in [2.45, 2.75) is 50.6 Å². The lowest BCUT2D eigenvalue weighted by Crippen LogP contribution is -2.41. The van der Waals surface area contributed by atoms with E-state index in [2.05, 4.69) is 21.5 Å². The van der Waals surface area contributed by atoms with E-state index < -0.39 is 5.97 Å². The maximum Gasteiger partial charge on any atom is 0.327 e. The first-order valence-corrected chi connectivity index (χ1v) is 11.4. The topological polar surface area (TPSA) is 118 Å². The number of ether oxygens (including phenoxy) is 1. The van der Waals surface area contributed by atoms with Gasteiger partial charge in [0.05, 0.1) is 18.8 Å². The number of hydrogen-bond acceptors (Lipinski definition) is 7. The fourth-order valence-corrected chi connectivity index (χ4v) is 4.67. The van der Waals surface area contributed by atoms with Crippen LogP contribution >= 0.6 is 11.6 Å². The molecular weight excluding hydrogens is 444 g/mol. The zero-order chi connectivity index (χ0) is 23.4. The first kappa shape index (κ1) is 23.1. The van der Waals surface area contributed by atoms with E-state index >= 15 is 0 Å². The summed E-state index contributed by atoms with van der Waals surface area (Å²) >= 11 is 6.21.